The number of ether oxygens (including phenoxy) is 2. The van der Waals surface area contributed by atoms with Gasteiger partial charge in [-0.25, -0.2) is 8.42 Å². The number of carbonyl (C=O) groups is 1. The predicted octanol–water partition coefficient (Wildman–Crippen LogP) is 1.60. The highest BCUT2D eigenvalue weighted by Crippen LogP contribution is 2.32. The van der Waals surface area contributed by atoms with Gasteiger partial charge in [-0.1, -0.05) is 0 Å². The number of benzene rings is 1. The number of rotatable bonds is 5. The zero-order valence-corrected chi connectivity index (χ0v) is 18.2. The Bertz CT molecular complexity index is 1080. The van der Waals surface area contributed by atoms with Gasteiger partial charge in [-0.15, -0.1) is 0 Å². The number of piperidine rings is 1. The third-order valence-electron chi connectivity index (χ3n) is 5.71. The molecule has 1 saturated heterocycles. The summed E-state index contributed by atoms with van der Waals surface area (Å²) in [6.45, 7) is 4.89. The minimum atomic E-state index is -3.63. The van der Waals surface area contributed by atoms with E-state index in [1.54, 1.807) is 43.8 Å². The van der Waals surface area contributed by atoms with Gasteiger partial charge in [0.05, 0.1) is 11.4 Å². The summed E-state index contributed by atoms with van der Waals surface area (Å²) in [7, 11) is -1.88. The van der Waals surface area contributed by atoms with Crippen LogP contribution in [0, 0.1) is 19.8 Å². The first-order valence-electron chi connectivity index (χ1n) is 9.95. The number of nitrogens with one attached hydrogen (secondary N) is 1. The summed E-state index contributed by atoms with van der Waals surface area (Å²) in [6, 6.07) is 5.06. The molecular formula is C20H26N4O5S. The third-order valence-corrected chi connectivity index (χ3v) is 7.83. The van der Waals surface area contributed by atoms with Crippen LogP contribution in [-0.4, -0.2) is 54.8 Å². The Balaban J connectivity index is 1.41. The van der Waals surface area contributed by atoms with Gasteiger partial charge in [0.15, 0.2) is 11.5 Å². The molecule has 30 heavy (non-hydrogen) atoms. The lowest BCUT2D eigenvalue weighted by atomic mass is 9.99. The average molecular weight is 435 g/mol. The summed E-state index contributed by atoms with van der Waals surface area (Å²) >= 11 is 0. The first-order valence-corrected chi connectivity index (χ1v) is 11.4. The molecule has 9 nitrogen and oxygen atoms in total. The molecule has 1 atom stereocenters. The molecule has 0 spiro atoms. The largest absolute Gasteiger partial charge is 0.454 e. The Hall–Kier alpha value is -2.59. The molecule has 1 fully saturated rings. The van der Waals surface area contributed by atoms with Gasteiger partial charge in [0.25, 0.3) is 5.91 Å². The Morgan fingerprint density at radius 3 is 2.77 bits per heavy atom. The van der Waals surface area contributed by atoms with Crippen LogP contribution in [0.2, 0.25) is 0 Å². The smallest absolute Gasteiger partial charge is 0.251 e. The highest BCUT2D eigenvalue weighted by Gasteiger charge is 2.34. The molecular weight excluding hydrogens is 408 g/mol. The zero-order chi connectivity index (χ0) is 21.5. The van der Waals surface area contributed by atoms with Gasteiger partial charge < -0.3 is 14.8 Å². The Labute approximate surface area is 176 Å². The van der Waals surface area contributed by atoms with Crippen LogP contribution in [0.3, 0.4) is 0 Å². The van der Waals surface area contributed by atoms with Crippen molar-refractivity contribution in [3.63, 3.8) is 0 Å². The minimum absolute atomic E-state index is 0.0452. The van der Waals surface area contributed by atoms with Crippen molar-refractivity contribution in [2.45, 2.75) is 31.6 Å². The van der Waals surface area contributed by atoms with Crippen molar-refractivity contribution in [3.8, 4) is 11.5 Å². The van der Waals surface area contributed by atoms with Crippen molar-refractivity contribution >= 4 is 15.9 Å². The first-order chi connectivity index (χ1) is 14.3. The molecule has 1 N–H and O–H groups in total. The summed E-state index contributed by atoms with van der Waals surface area (Å²) in [5, 5.41) is 7.17. The number of hydrogen-bond acceptors (Lipinski definition) is 6. The fourth-order valence-corrected chi connectivity index (χ4v) is 6.00. The fraction of sp³-hybridized carbons (Fsp3) is 0.500. The first kappa shape index (κ1) is 20.7. The number of aromatic nitrogens is 2. The van der Waals surface area contributed by atoms with Gasteiger partial charge in [-0.3, -0.25) is 9.48 Å². The summed E-state index contributed by atoms with van der Waals surface area (Å²) in [4.78, 5) is 12.8. The molecule has 0 saturated carbocycles. The molecule has 0 radical (unpaired) electrons. The van der Waals surface area contributed by atoms with Crippen LogP contribution in [0.5, 0.6) is 11.5 Å². The SMILES string of the molecule is Cc1nn(C)c(C)c1S(=O)(=O)N1CCC[C@H](CNC(=O)c2ccc3c(c2)OCO3)C1. The number of sulfonamides is 1. The number of nitrogens with zero attached hydrogens (tertiary/aromatic N) is 3. The van der Waals surface area contributed by atoms with Crippen LogP contribution in [0.4, 0.5) is 0 Å². The quantitative estimate of drug-likeness (QED) is 0.767. The molecule has 0 aliphatic carbocycles. The van der Waals surface area contributed by atoms with E-state index in [4.69, 9.17) is 9.47 Å². The maximum atomic E-state index is 13.2. The Kier molecular flexibility index (Phi) is 5.46. The van der Waals surface area contributed by atoms with Crippen LogP contribution in [0.15, 0.2) is 23.1 Å². The molecule has 1 amide bonds. The highest BCUT2D eigenvalue weighted by molar-refractivity contribution is 7.89. The molecule has 4 rings (SSSR count). The van der Waals surface area contributed by atoms with Gasteiger partial charge in [0.1, 0.15) is 4.90 Å². The molecule has 1 aromatic heterocycles. The van der Waals surface area contributed by atoms with Crippen LogP contribution in [-0.2, 0) is 17.1 Å². The van der Waals surface area contributed by atoms with E-state index in [2.05, 4.69) is 10.4 Å². The summed E-state index contributed by atoms with van der Waals surface area (Å²) in [5.74, 6) is 1.01. The van der Waals surface area contributed by atoms with Crippen molar-refractivity contribution in [2.24, 2.45) is 13.0 Å². The lowest BCUT2D eigenvalue weighted by Gasteiger charge is -2.32. The number of amides is 1. The molecule has 3 heterocycles. The van der Waals surface area contributed by atoms with Gasteiger partial charge in [-0.2, -0.15) is 9.40 Å². The van der Waals surface area contributed by atoms with Crippen molar-refractivity contribution in [2.75, 3.05) is 26.4 Å². The lowest BCUT2D eigenvalue weighted by molar-refractivity contribution is 0.0941. The standard InChI is InChI=1S/C20H26N4O5S/c1-13-19(14(2)23(3)22-13)30(26,27)24-8-4-5-15(11-24)10-21-20(25)16-6-7-17-18(9-16)29-12-28-17/h6-7,9,15H,4-5,8,10-12H2,1-3H3,(H,21,25)/t15-/m1/s1. The van der Waals surface area contributed by atoms with E-state index in [-0.39, 0.29) is 23.5 Å². The van der Waals surface area contributed by atoms with E-state index in [0.29, 0.717) is 48.1 Å². The van der Waals surface area contributed by atoms with Crippen LogP contribution in [0.25, 0.3) is 0 Å². The van der Waals surface area contributed by atoms with Crippen LogP contribution >= 0.6 is 0 Å². The molecule has 2 aromatic rings. The number of carbonyl (C=O) groups excluding carboxylic acids is 1. The second-order valence-electron chi connectivity index (χ2n) is 7.77. The van der Waals surface area contributed by atoms with Crippen molar-refractivity contribution in [1.82, 2.24) is 19.4 Å². The Morgan fingerprint density at radius 1 is 1.27 bits per heavy atom. The molecule has 162 valence electrons. The average Bonchev–Trinajstić information content (AvgIpc) is 3.29. The van der Waals surface area contributed by atoms with Crippen LogP contribution in [0.1, 0.15) is 34.6 Å². The topological polar surface area (TPSA) is 103 Å². The highest BCUT2D eigenvalue weighted by atomic mass is 32.2. The maximum absolute atomic E-state index is 13.2. The number of aryl methyl sites for hydroxylation is 2. The van der Waals surface area contributed by atoms with E-state index in [1.807, 2.05) is 0 Å². The summed E-state index contributed by atoms with van der Waals surface area (Å²) in [6.07, 6.45) is 1.61. The van der Waals surface area contributed by atoms with Gasteiger partial charge >= 0.3 is 0 Å². The molecule has 2 aliphatic rings. The fourth-order valence-electron chi connectivity index (χ4n) is 4.05. The Morgan fingerprint density at radius 2 is 2.03 bits per heavy atom. The van der Waals surface area contributed by atoms with Crippen molar-refractivity contribution < 1.29 is 22.7 Å². The maximum Gasteiger partial charge on any atom is 0.251 e. The van der Waals surface area contributed by atoms with Gasteiger partial charge in [0, 0.05) is 32.2 Å². The second-order valence-corrected chi connectivity index (χ2v) is 9.65. The molecule has 1 aromatic carbocycles. The molecule has 0 bridgehead atoms. The summed E-state index contributed by atoms with van der Waals surface area (Å²) in [5.41, 5.74) is 1.63. The molecule has 10 heteroatoms. The predicted molar refractivity (Wildman–Crippen MR) is 109 cm³/mol. The van der Waals surface area contributed by atoms with Crippen molar-refractivity contribution in [3.05, 3.63) is 35.2 Å². The lowest BCUT2D eigenvalue weighted by Crippen LogP contribution is -2.43. The van der Waals surface area contributed by atoms with E-state index < -0.39 is 10.0 Å². The van der Waals surface area contributed by atoms with Crippen LogP contribution < -0.4 is 14.8 Å². The third kappa shape index (κ3) is 3.77. The van der Waals surface area contributed by atoms with Gasteiger partial charge in [-0.05, 0) is 50.8 Å². The number of hydrogen-bond donors (Lipinski definition) is 1. The van der Waals surface area contributed by atoms with E-state index >= 15 is 0 Å². The van der Waals surface area contributed by atoms with E-state index in [1.165, 1.54) is 4.31 Å². The van der Waals surface area contributed by atoms with Crippen molar-refractivity contribution in [1.29, 1.82) is 0 Å². The van der Waals surface area contributed by atoms with E-state index in [9.17, 15) is 13.2 Å². The monoisotopic (exact) mass is 434 g/mol. The molecule has 2 aliphatic heterocycles. The van der Waals surface area contributed by atoms with Gasteiger partial charge in [0.2, 0.25) is 16.8 Å². The molecule has 0 unspecified atom stereocenters. The van der Waals surface area contributed by atoms with E-state index in [0.717, 1.165) is 12.8 Å². The minimum Gasteiger partial charge on any atom is -0.454 e. The second kappa shape index (κ2) is 7.92. The number of fused-ring (bicyclic) bond motifs is 1. The zero-order valence-electron chi connectivity index (χ0n) is 17.3. The summed E-state index contributed by atoms with van der Waals surface area (Å²) < 4.78 is 40.1. The normalized spacial score (nSPS) is 19.1.